The SMILES string of the molecule is CCCCCCCCC(CCCCCCCC)=C(CCCCCCCC)C(=O)O. The van der Waals surface area contributed by atoms with E-state index in [2.05, 4.69) is 20.8 Å². The monoisotopic (exact) mass is 408 g/mol. The fourth-order valence-corrected chi connectivity index (χ4v) is 4.18. The normalized spacial score (nSPS) is 11.0. The second-order valence-corrected chi connectivity index (χ2v) is 8.94. The van der Waals surface area contributed by atoms with E-state index in [0.29, 0.717) is 0 Å². The van der Waals surface area contributed by atoms with Gasteiger partial charge in [-0.15, -0.1) is 0 Å². The summed E-state index contributed by atoms with van der Waals surface area (Å²) in [6.07, 6.45) is 25.5. The molecule has 29 heavy (non-hydrogen) atoms. The highest BCUT2D eigenvalue weighted by Gasteiger charge is 2.14. The standard InChI is InChI=1S/C27H52O2/c1-4-7-10-13-16-19-22-25(23-20-17-14-11-8-5-2)26(27(28)29)24-21-18-15-12-9-6-3/h4-24H2,1-3H3,(H,28,29). The van der Waals surface area contributed by atoms with Crippen molar-refractivity contribution in [1.82, 2.24) is 0 Å². The molecule has 0 aromatic rings. The summed E-state index contributed by atoms with van der Waals surface area (Å²) in [5.41, 5.74) is 2.04. The molecule has 0 saturated heterocycles. The maximum Gasteiger partial charge on any atom is 0.331 e. The topological polar surface area (TPSA) is 37.3 Å². The number of allylic oxidation sites excluding steroid dienone is 1. The van der Waals surface area contributed by atoms with Crippen LogP contribution in [0.3, 0.4) is 0 Å². The fourth-order valence-electron chi connectivity index (χ4n) is 4.18. The van der Waals surface area contributed by atoms with Gasteiger partial charge in [0.05, 0.1) is 0 Å². The number of aliphatic carboxylic acids is 1. The molecule has 0 aliphatic heterocycles. The third-order valence-corrected chi connectivity index (χ3v) is 6.13. The Morgan fingerprint density at radius 1 is 0.483 bits per heavy atom. The van der Waals surface area contributed by atoms with Gasteiger partial charge in [0.25, 0.3) is 0 Å². The van der Waals surface area contributed by atoms with Crippen molar-refractivity contribution in [2.75, 3.05) is 0 Å². The van der Waals surface area contributed by atoms with E-state index in [9.17, 15) is 9.90 Å². The van der Waals surface area contributed by atoms with Crippen LogP contribution in [-0.4, -0.2) is 11.1 Å². The van der Waals surface area contributed by atoms with E-state index in [1.54, 1.807) is 0 Å². The number of hydrogen-bond donors (Lipinski definition) is 1. The number of carboxylic acid groups (broad SMARTS) is 1. The molecular weight excluding hydrogens is 356 g/mol. The van der Waals surface area contributed by atoms with Gasteiger partial charge in [-0.2, -0.15) is 0 Å². The second kappa shape index (κ2) is 21.9. The zero-order chi connectivity index (χ0) is 21.6. The third-order valence-electron chi connectivity index (χ3n) is 6.13. The molecule has 0 radical (unpaired) electrons. The lowest BCUT2D eigenvalue weighted by molar-refractivity contribution is -0.132. The Kier molecular flexibility index (Phi) is 21.3. The van der Waals surface area contributed by atoms with Gasteiger partial charge in [0.1, 0.15) is 0 Å². The van der Waals surface area contributed by atoms with Gasteiger partial charge in [0, 0.05) is 5.57 Å². The molecule has 1 N–H and O–H groups in total. The number of unbranched alkanes of at least 4 members (excludes halogenated alkanes) is 15. The van der Waals surface area contributed by atoms with Crippen LogP contribution in [0.1, 0.15) is 156 Å². The van der Waals surface area contributed by atoms with E-state index in [4.69, 9.17) is 0 Å². The molecule has 2 nitrogen and oxygen atoms in total. The Balaban J connectivity index is 4.60. The molecule has 0 atom stereocenters. The van der Waals surface area contributed by atoms with Crippen molar-refractivity contribution in [3.8, 4) is 0 Å². The molecule has 0 saturated carbocycles. The number of hydrogen-bond acceptors (Lipinski definition) is 1. The summed E-state index contributed by atoms with van der Waals surface area (Å²) in [5, 5.41) is 9.87. The minimum absolute atomic E-state index is 0.648. The molecule has 0 aliphatic rings. The summed E-state index contributed by atoms with van der Waals surface area (Å²) in [6, 6.07) is 0. The molecule has 0 rings (SSSR count). The fraction of sp³-hybridized carbons (Fsp3) is 0.889. The van der Waals surface area contributed by atoms with Crippen molar-refractivity contribution >= 4 is 5.97 Å². The largest absolute Gasteiger partial charge is 0.478 e. The molecule has 0 aromatic heterocycles. The van der Waals surface area contributed by atoms with E-state index in [-0.39, 0.29) is 0 Å². The van der Waals surface area contributed by atoms with Gasteiger partial charge < -0.3 is 5.11 Å². The summed E-state index contributed by atoms with van der Waals surface area (Å²) in [4.78, 5) is 12.0. The quantitative estimate of drug-likeness (QED) is 0.143. The first-order valence-electron chi connectivity index (χ1n) is 13.1. The van der Waals surface area contributed by atoms with Crippen molar-refractivity contribution in [3.63, 3.8) is 0 Å². The lowest BCUT2D eigenvalue weighted by Crippen LogP contribution is -2.06. The highest BCUT2D eigenvalue weighted by atomic mass is 16.4. The Hall–Kier alpha value is -0.790. The first kappa shape index (κ1) is 28.2. The molecule has 0 unspecified atom stereocenters. The van der Waals surface area contributed by atoms with Crippen LogP contribution in [0.5, 0.6) is 0 Å². The van der Waals surface area contributed by atoms with Gasteiger partial charge in [0.15, 0.2) is 0 Å². The lowest BCUT2D eigenvalue weighted by atomic mass is 9.92. The molecule has 0 aromatic carbocycles. The summed E-state index contributed by atoms with van der Waals surface area (Å²) >= 11 is 0. The van der Waals surface area contributed by atoms with Crippen molar-refractivity contribution in [3.05, 3.63) is 11.1 Å². The lowest BCUT2D eigenvalue weighted by Gasteiger charge is -2.14. The first-order valence-corrected chi connectivity index (χ1v) is 13.1. The van der Waals surface area contributed by atoms with Crippen molar-refractivity contribution in [1.29, 1.82) is 0 Å². The maximum absolute atomic E-state index is 12.0. The summed E-state index contributed by atoms with van der Waals surface area (Å²) in [6.45, 7) is 6.74. The Morgan fingerprint density at radius 3 is 1.14 bits per heavy atom. The van der Waals surface area contributed by atoms with Crippen molar-refractivity contribution in [2.45, 2.75) is 156 Å². The average molecular weight is 409 g/mol. The minimum atomic E-state index is -0.648. The van der Waals surface area contributed by atoms with Gasteiger partial charge in [-0.1, -0.05) is 123 Å². The van der Waals surface area contributed by atoms with Crippen LogP contribution in [-0.2, 0) is 4.79 Å². The first-order chi connectivity index (χ1) is 14.2. The van der Waals surface area contributed by atoms with Crippen LogP contribution in [0, 0.1) is 0 Å². The third kappa shape index (κ3) is 17.8. The Morgan fingerprint density at radius 2 is 0.793 bits per heavy atom. The van der Waals surface area contributed by atoms with Gasteiger partial charge in [-0.05, 0) is 38.5 Å². The highest BCUT2D eigenvalue weighted by Crippen LogP contribution is 2.25. The van der Waals surface area contributed by atoms with E-state index in [1.165, 1.54) is 115 Å². The summed E-state index contributed by atoms with van der Waals surface area (Å²) in [7, 11) is 0. The molecule has 0 bridgehead atoms. The van der Waals surface area contributed by atoms with E-state index >= 15 is 0 Å². The Bertz CT molecular complexity index is 379. The average Bonchev–Trinajstić information content (AvgIpc) is 2.71. The highest BCUT2D eigenvalue weighted by molar-refractivity contribution is 5.87. The number of carboxylic acids is 1. The van der Waals surface area contributed by atoms with Crippen LogP contribution in [0.2, 0.25) is 0 Å². The molecule has 0 fully saturated rings. The summed E-state index contributed by atoms with van der Waals surface area (Å²) in [5.74, 6) is -0.648. The van der Waals surface area contributed by atoms with Gasteiger partial charge in [-0.3, -0.25) is 0 Å². The second-order valence-electron chi connectivity index (χ2n) is 8.94. The summed E-state index contributed by atoms with van der Waals surface area (Å²) < 4.78 is 0. The molecular formula is C27H52O2. The predicted molar refractivity (Wildman–Crippen MR) is 129 cm³/mol. The maximum atomic E-state index is 12.0. The molecule has 0 aliphatic carbocycles. The van der Waals surface area contributed by atoms with Crippen molar-refractivity contribution < 1.29 is 9.90 Å². The Labute approximate surface area is 182 Å². The zero-order valence-corrected chi connectivity index (χ0v) is 20.2. The van der Waals surface area contributed by atoms with Gasteiger partial charge in [-0.25, -0.2) is 4.79 Å². The molecule has 2 heteroatoms. The van der Waals surface area contributed by atoms with Crippen LogP contribution in [0.4, 0.5) is 0 Å². The predicted octanol–water partition coefficient (Wildman–Crippen LogP) is 9.62. The molecule has 0 spiro atoms. The smallest absolute Gasteiger partial charge is 0.331 e. The van der Waals surface area contributed by atoms with E-state index in [1.807, 2.05) is 0 Å². The molecule has 172 valence electrons. The number of rotatable bonds is 22. The van der Waals surface area contributed by atoms with E-state index < -0.39 is 5.97 Å². The van der Waals surface area contributed by atoms with Crippen LogP contribution >= 0.6 is 0 Å². The van der Waals surface area contributed by atoms with Crippen LogP contribution in [0.15, 0.2) is 11.1 Å². The zero-order valence-electron chi connectivity index (χ0n) is 20.2. The van der Waals surface area contributed by atoms with Crippen LogP contribution in [0.25, 0.3) is 0 Å². The number of carbonyl (C=O) groups is 1. The van der Waals surface area contributed by atoms with Gasteiger partial charge >= 0.3 is 5.97 Å². The van der Waals surface area contributed by atoms with Crippen molar-refractivity contribution in [2.24, 2.45) is 0 Å². The molecule has 0 heterocycles. The van der Waals surface area contributed by atoms with Gasteiger partial charge in [0.2, 0.25) is 0 Å². The minimum Gasteiger partial charge on any atom is -0.478 e. The molecule has 0 amide bonds. The van der Waals surface area contributed by atoms with Crippen LogP contribution < -0.4 is 0 Å². The van der Waals surface area contributed by atoms with E-state index in [0.717, 1.165) is 31.3 Å².